The highest BCUT2D eigenvalue weighted by molar-refractivity contribution is 4.78. The van der Waals surface area contributed by atoms with Crippen molar-refractivity contribution in [1.82, 2.24) is 4.98 Å². The number of hydrogen-bond donors (Lipinski definition) is 1. The zero-order valence-corrected chi connectivity index (χ0v) is 16.1. The Morgan fingerprint density at radius 1 is 0.783 bits per heavy atom. The van der Waals surface area contributed by atoms with Crippen LogP contribution < -0.4 is 4.57 Å². The Kier molecular flexibility index (Phi) is 12.0. The molecule has 1 aromatic rings. The van der Waals surface area contributed by atoms with Crippen molar-refractivity contribution in [3.63, 3.8) is 0 Å². The van der Waals surface area contributed by atoms with Crippen LogP contribution in [0, 0.1) is 0 Å². The third-order valence-corrected chi connectivity index (χ3v) is 4.87. The fourth-order valence-electron chi connectivity index (χ4n) is 3.37. The van der Waals surface area contributed by atoms with Gasteiger partial charge in [-0.3, -0.25) is 0 Å². The number of aryl methyl sites for hydroxylation is 1. The minimum absolute atomic E-state index is 0.568. The Bertz CT molecular complexity index is 368. The smallest absolute Gasteiger partial charge is 0.248 e. The summed E-state index contributed by atoms with van der Waals surface area (Å²) < 4.78 is 2.36. The second kappa shape index (κ2) is 13.6. The first-order valence-corrected chi connectivity index (χ1v) is 10.3. The molecule has 0 atom stereocenters. The molecule has 0 fully saturated rings. The number of unbranched alkanes of at least 4 members (excludes halogenated alkanes) is 12. The van der Waals surface area contributed by atoms with E-state index in [4.69, 9.17) is 0 Å². The summed E-state index contributed by atoms with van der Waals surface area (Å²) in [4.78, 5) is 3.39. The molecule has 0 radical (unpaired) electrons. The van der Waals surface area contributed by atoms with Crippen molar-refractivity contribution in [2.75, 3.05) is 0 Å². The molecular weight excluding hydrogens is 280 g/mol. The second-order valence-corrected chi connectivity index (χ2v) is 7.40. The van der Waals surface area contributed by atoms with Crippen LogP contribution in [0.5, 0.6) is 0 Å². The van der Waals surface area contributed by atoms with Gasteiger partial charge in [-0.25, -0.2) is 9.55 Å². The van der Waals surface area contributed by atoms with Gasteiger partial charge in [0.15, 0.2) is 0 Å². The lowest BCUT2D eigenvalue weighted by Crippen LogP contribution is -2.38. The van der Waals surface area contributed by atoms with E-state index in [0.717, 1.165) is 0 Å². The van der Waals surface area contributed by atoms with Crippen LogP contribution in [0.25, 0.3) is 0 Å². The van der Waals surface area contributed by atoms with Gasteiger partial charge in [-0.15, -0.1) is 0 Å². The molecule has 0 saturated carbocycles. The van der Waals surface area contributed by atoms with Crippen LogP contribution in [0.3, 0.4) is 0 Å². The summed E-state index contributed by atoms with van der Waals surface area (Å²) in [5.74, 6) is 1.39. The van der Waals surface area contributed by atoms with Crippen molar-refractivity contribution >= 4 is 0 Å². The van der Waals surface area contributed by atoms with Gasteiger partial charge in [0.2, 0.25) is 0 Å². The number of nitrogens with zero attached hydrogens (tertiary/aromatic N) is 1. The molecule has 0 aliphatic heterocycles. The Hall–Kier alpha value is -0.790. The summed E-state index contributed by atoms with van der Waals surface area (Å²) in [6.45, 7) is 6.79. The van der Waals surface area contributed by atoms with Gasteiger partial charge in [0, 0.05) is 6.42 Å². The Morgan fingerprint density at radius 2 is 1.26 bits per heavy atom. The predicted octanol–water partition coefficient (Wildman–Crippen LogP) is 6.52. The largest absolute Gasteiger partial charge is 0.254 e. The number of nitrogens with one attached hydrogen (secondary N) is 1. The summed E-state index contributed by atoms with van der Waals surface area (Å²) in [6.07, 6.45) is 24.0. The molecule has 1 heterocycles. The molecule has 1 N–H and O–H groups in total. The molecule has 0 saturated heterocycles. The van der Waals surface area contributed by atoms with Crippen molar-refractivity contribution in [1.29, 1.82) is 0 Å². The van der Waals surface area contributed by atoms with Gasteiger partial charge in [0.1, 0.15) is 12.4 Å². The molecule has 1 aromatic heterocycles. The zero-order valence-electron chi connectivity index (χ0n) is 16.1. The first-order chi connectivity index (χ1) is 11.3. The van der Waals surface area contributed by atoms with Gasteiger partial charge in [0.25, 0.3) is 5.82 Å². The molecule has 0 aliphatic rings. The molecule has 134 valence electrons. The highest BCUT2D eigenvalue weighted by Gasteiger charge is 2.12. The highest BCUT2D eigenvalue weighted by Crippen LogP contribution is 2.13. The van der Waals surface area contributed by atoms with Crippen molar-refractivity contribution in [2.45, 2.75) is 117 Å². The average Bonchev–Trinajstić information content (AvgIpc) is 3.00. The topological polar surface area (TPSA) is 19.7 Å². The average molecular weight is 322 g/mol. The zero-order chi connectivity index (χ0) is 16.8. The van der Waals surface area contributed by atoms with Gasteiger partial charge in [-0.1, -0.05) is 84.0 Å². The van der Waals surface area contributed by atoms with Crippen LogP contribution in [-0.4, -0.2) is 4.98 Å². The first kappa shape index (κ1) is 20.3. The number of imidazole rings is 1. The van der Waals surface area contributed by atoms with Crippen LogP contribution in [0.2, 0.25) is 0 Å². The van der Waals surface area contributed by atoms with E-state index in [9.17, 15) is 0 Å². The fraction of sp³-hybridized carbons (Fsp3) is 0.857. The third kappa shape index (κ3) is 9.84. The standard InChI is InChI=1S/C21H40N2/c1-4-5-6-7-8-9-10-11-12-13-14-15-16-17-21-22-18-19-23(21)20(2)3/h18-20H,4-17H2,1-3H3/p+1. The lowest BCUT2D eigenvalue weighted by Gasteiger charge is -2.04. The Balaban J connectivity index is 1.86. The van der Waals surface area contributed by atoms with Crippen LogP contribution in [0.15, 0.2) is 12.4 Å². The quantitative estimate of drug-likeness (QED) is 0.280. The SMILES string of the molecule is CCCCCCCCCCCCCCCc1[nH]cc[n+]1C(C)C. The number of rotatable bonds is 15. The summed E-state index contributed by atoms with van der Waals surface area (Å²) in [5.41, 5.74) is 0. The van der Waals surface area contributed by atoms with Crippen LogP contribution >= 0.6 is 0 Å². The van der Waals surface area contributed by atoms with Gasteiger partial charge < -0.3 is 0 Å². The number of hydrogen-bond acceptors (Lipinski definition) is 0. The molecule has 23 heavy (non-hydrogen) atoms. The normalized spacial score (nSPS) is 11.5. The minimum Gasteiger partial charge on any atom is -0.248 e. The maximum atomic E-state index is 3.39. The first-order valence-electron chi connectivity index (χ1n) is 10.3. The molecule has 0 bridgehead atoms. The van der Waals surface area contributed by atoms with Crippen LogP contribution in [-0.2, 0) is 6.42 Å². The van der Waals surface area contributed by atoms with Crippen LogP contribution in [0.1, 0.15) is 116 Å². The number of aromatic amines is 1. The maximum absolute atomic E-state index is 3.39. The number of aromatic nitrogens is 2. The van der Waals surface area contributed by atoms with Gasteiger partial charge in [0.05, 0.1) is 6.04 Å². The Labute approximate surface area is 145 Å². The maximum Gasteiger partial charge on any atom is 0.254 e. The molecule has 0 amide bonds. The van der Waals surface area contributed by atoms with Crippen molar-refractivity contribution in [3.8, 4) is 0 Å². The molecule has 0 aliphatic carbocycles. The molecule has 2 nitrogen and oxygen atoms in total. The highest BCUT2D eigenvalue weighted by atomic mass is 15.1. The molecule has 0 aromatic carbocycles. The van der Waals surface area contributed by atoms with E-state index in [0.29, 0.717) is 6.04 Å². The van der Waals surface area contributed by atoms with E-state index >= 15 is 0 Å². The van der Waals surface area contributed by atoms with E-state index in [-0.39, 0.29) is 0 Å². The monoisotopic (exact) mass is 321 g/mol. The summed E-state index contributed by atoms with van der Waals surface area (Å²) >= 11 is 0. The number of H-pyrrole nitrogens is 1. The summed E-state index contributed by atoms with van der Waals surface area (Å²) in [6, 6.07) is 0.568. The van der Waals surface area contributed by atoms with E-state index in [1.165, 1.54) is 95.7 Å². The summed E-state index contributed by atoms with van der Waals surface area (Å²) in [7, 11) is 0. The molecule has 0 unspecified atom stereocenters. The fourth-order valence-corrected chi connectivity index (χ4v) is 3.37. The van der Waals surface area contributed by atoms with E-state index in [1.807, 2.05) is 0 Å². The van der Waals surface area contributed by atoms with Gasteiger partial charge in [-0.05, 0) is 20.3 Å². The summed E-state index contributed by atoms with van der Waals surface area (Å²) in [5, 5.41) is 0. The minimum atomic E-state index is 0.568. The van der Waals surface area contributed by atoms with Crippen molar-refractivity contribution in [2.24, 2.45) is 0 Å². The molecule has 0 spiro atoms. The Morgan fingerprint density at radius 3 is 1.74 bits per heavy atom. The lowest BCUT2D eigenvalue weighted by atomic mass is 10.0. The van der Waals surface area contributed by atoms with E-state index in [1.54, 1.807) is 0 Å². The molecule has 1 rings (SSSR count). The van der Waals surface area contributed by atoms with Crippen molar-refractivity contribution < 1.29 is 4.57 Å². The predicted molar refractivity (Wildman–Crippen MR) is 101 cm³/mol. The van der Waals surface area contributed by atoms with E-state index < -0.39 is 0 Å². The molecular formula is C21H41N2+. The van der Waals surface area contributed by atoms with Gasteiger partial charge >= 0.3 is 0 Å². The van der Waals surface area contributed by atoms with E-state index in [2.05, 4.69) is 42.7 Å². The van der Waals surface area contributed by atoms with Crippen LogP contribution in [0.4, 0.5) is 0 Å². The molecule has 2 heteroatoms. The lowest BCUT2D eigenvalue weighted by molar-refractivity contribution is -0.721. The second-order valence-electron chi connectivity index (χ2n) is 7.40. The van der Waals surface area contributed by atoms with Crippen molar-refractivity contribution in [3.05, 3.63) is 18.2 Å². The van der Waals surface area contributed by atoms with Gasteiger partial charge in [-0.2, -0.15) is 0 Å². The third-order valence-electron chi connectivity index (χ3n) is 4.87.